The molecule has 3 nitrogen and oxygen atoms in total. The lowest BCUT2D eigenvalue weighted by Crippen LogP contribution is -2.25. The molecule has 0 unspecified atom stereocenters. The third kappa shape index (κ3) is 7.69. The number of aryl methyl sites for hydroxylation is 1. The molecule has 0 N–H and O–H groups in total. The van der Waals surface area contributed by atoms with E-state index in [0.717, 1.165) is 44.5 Å². The molecule has 1 fully saturated rings. The first-order valence-corrected chi connectivity index (χ1v) is 12.7. The van der Waals surface area contributed by atoms with E-state index in [4.69, 9.17) is 9.47 Å². The zero-order valence-electron chi connectivity index (χ0n) is 20.0. The molecular weight excluding hydrogens is 396 g/mol. The van der Waals surface area contributed by atoms with Crippen LogP contribution in [0.25, 0.3) is 0 Å². The van der Waals surface area contributed by atoms with Crippen LogP contribution < -0.4 is 9.47 Å². The van der Waals surface area contributed by atoms with Gasteiger partial charge >= 0.3 is 5.97 Å². The molecule has 0 radical (unpaired) electrons. The van der Waals surface area contributed by atoms with Gasteiger partial charge in [0.2, 0.25) is 0 Å². The second-order valence-corrected chi connectivity index (χ2v) is 9.20. The topological polar surface area (TPSA) is 35.5 Å². The van der Waals surface area contributed by atoms with Gasteiger partial charge in [-0.3, -0.25) is 4.79 Å². The summed E-state index contributed by atoms with van der Waals surface area (Å²) in [6, 6.07) is 16.6. The van der Waals surface area contributed by atoms with Crippen molar-refractivity contribution >= 4 is 5.97 Å². The number of carbonyl (C=O) groups is 1. The molecule has 0 aliphatic heterocycles. The zero-order chi connectivity index (χ0) is 22.6. The Balaban J connectivity index is 1.40. The van der Waals surface area contributed by atoms with Crippen LogP contribution in [0.15, 0.2) is 48.5 Å². The Labute approximate surface area is 194 Å². The highest BCUT2D eigenvalue weighted by Gasteiger charge is 2.28. The van der Waals surface area contributed by atoms with Gasteiger partial charge < -0.3 is 9.47 Å². The average molecular weight is 437 g/mol. The summed E-state index contributed by atoms with van der Waals surface area (Å²) in [4.78, 5) is 12.7. The first kappa shape index (κ1) is 24.4. The molecule has 2 aromatic rings. The van der Waals surface area contributed by atoms with Crippen molar-refractivity contribution in [2.75, 3.05) is 6.61 Å². The number of hydrogen-bond donors (Lipinski definition) is 0. The van der Waals surface area contributed by atoms with E-state index in [1.165, 1.54) is 49.7 Å². The Kier molecular flexibility index (Phi) is 10.1. The van der Waals surface area contributed by atoms with E-state index < -0.39 is 0 Å². The molecule has 0 saturated heterocycles. The molecule has 0 aromatic heterocycles. The Morgan fingerprint density at radius 3 is 2.09 bits per heavy atom. The average Bonchev–Trinajstić information content (AvgIpc) is 2.84. The third-order valence-corrected chi connectivity index (χ3v) is 6.64. The van der Waals surface area contributed by atoms with Crippen molar-refractivity contribution in [2.24, 2.45) is 5.92 Å². The number of hydrogen-bond acceptors (Lipinski definition) is 3. The van der Waals surface area contributed by atoms with Crippen molar-refractivity contribution in [1.82, 2.24) is 0 Å². The van der Waals surface area contributed by atoms with Crippen molar-refractivity contribution in [3.05, 3.63) is 59.7 Å². The number of esters is 1. The van der Waals surface area contributed by atoms with Gasteiger partial charge in [0.15, 0.2) is 0 Å². The van der Waals surface area contributed by atoms with Crippen molar-refractivity contribution in [3.8, 4) is 11.5 Å². The van der Waals surface area contributed by atoms with Crippen molar-refractivity contribution in [1.29, 1.82) is 0 Å². The van der Waals surface area contributed by atoms with Gasteiger partial charge in [0, 0.05) is 0 Å². The second-order valence-electron chi connectivity index (χ2n) is 9.20. The van der Waals surface area contributed by atoms with E-state index in [1.807, 2.05) is 24.3 Å². The van der Waals surface area contributed by atoms with E-state index in [0.29, 0.717) is 11.7 Å². The number of unbranched alkanes of at least 4 members (excludes halogenated alkanes) is 4. The van der Waals surface area contributed by atoms with Gasteiger partial charge in [-0.15, -0.1) is 0 Å². The predicted octanol–water partition coefficient (Wildman–Crippen LogP) is 7.87. The number of carbonyl (C=O) groups excluding carboxylic acids is 1. The molecule has 3 rings (SSSR count). The number of ether oxygens (including phenoxy) is 2. The van der Waals surface area contributed by atoms with E-state index in [9.17, 15) is 4.79 Å². The monoisotopic (exact) mass is 436 g/mol. The van der Waals surface area contributed by atoms with E-state index in [1.54, 1.807) is 0 Å². The van der Waals surface area contributed by atoms with Gasteiger partial charge in [-0.1, -0.05) is 63.8 Å². The third-order valence-electron chi connectivity index (χ3n) is 6.64. The molecular formula is C29H40O3. The van der Waals surface area contributed by atoms with Crippen LogP contribution in [0.1, 0.15) is 95.1 Å². The smallest absolute Gasteiger partial charge is 0.314 e. The molecule has 2 aromatic carbocycles. The Bertz CT molecular complexity index is 786. The largest absolute Gasteiger partial charge is 0.494 e. The highest BCUT2D eigenvalue weighted by Crippen LogP contribution is 2.36. The van der Waals surface area contributed by atoms with Crippen LogP contribution in [0.4, 0.5) is 0 Å². The second kappa shape index (κ2) is 13.3. The van der Waals surface area contributed by atoms with E-state index in [2.05, 4.69) is 38.1 Å². The molecule has 32 heavy (non-hydrogen) atoms. The minimum absolute atomic E-state index is 0.00423. The minimum Gasteiger partial charge on any atom is -0.494 e. The molecule has 0 spiro atoms. The van der Waals surface area contributed by atoms with Gasteiger partial charge in [0.05, 0.1) is 12.5 Å². The van der Waals surface area contributed by atoms with Gasteiger partial charge in [0.1, 0.15) is 11.5 Å². The normalized spacial score (nSPS) is 18.3. The van der Waals surface area contributed by atoms with Crippen LogP contribution in [-0.4, -0.2) is 12.6 Å². The Morgan fingerprint density at radius 2 is 1.44 bits per heavy atom. The molecule has 0 bridgehead atoms. The molecule has 174 valence electrons. The predicted molar refractivity (Wildman–Crippen MR) is 131 cm³/mol. The van der Waals surface area contributed by atoms with Gasteiger partial charge in [-0.2, -0.15) is 0 Å². The van der Waals surface area contributed by atoms with Gasteiger partial charge in [0.25, 0.3) is 0 Å². The summed E-state index contributed by atoms with van der Waals surface area (Å²) in [7, 11) is 0. The summed E-state index contributed by atoms with van der Waals surface area (Å²) in [5, 5.41) is 0. The van der Waals surface area contributed by atoms with Gasteiger partial charge in [-0.05, 0) is 86.3 Å². The summed E-state index contributed by atoms with van der Waals surface area (Å²) in [5.74, 6) is 1.92. The summed E-state index contributed by atoms with van der Waals surface area (Å²) in [6.07, 6.45) is 12.3. The quantitative estimate of drug-likeness (QED) is 0.193. The first-order valence-electron chi connectivity index (χ1n) is 12.7. The maximum atomic E-state index is 12.7. The number of benzene rings is 2. The standard InChI is InChI=1S/C29H40O3/c1-3-5-7-8-22-31-27-18-20-28(21-19-27)32-29(30)26-16-14-25(15-17-26)24-12-10-23(11-13-24)9-6-4-2/h10-13,18-21,25-26H,3-9,14-17,22H2,1-2H3. The van der Waals surface area contributed by atoms with Crippen molar-refractivity contribution in [2.45, 2.75) is 90.4 Å². The maximum Gasteiger partial charge on any atom is 0.314 e. The fourth-order valence-electron chi connectivity index (χ4n) is 4.52. The fourth-order valence-corrected chi connectivity index (χ4v) is 4.52. The van der Waals surface area contributed by atoms with Crippen molar-refractivity contribution < 1.29 is 14.3 Å². The minimum atomic E-state index is -0.0911. The summed E-state index contributed by atoms with van der Waals surface area (Å²) < 4.78 is 11.4. The molecule has 1 aliphatic rings. The van der Waals surface area contributed by atoms with Crippen LogP contribution in [0, 0.1) is 5.92 Å². The van der Waals surface area contributed by atoms with Crippen LogP contribution in [0.5, 0.6) is 11.5 Å². The molecule has 3 heteroatoms. The SMILES string of the molecule is CCCCCCOc1ccc(OC(=O)C2CCC(c3ccc(CCCC)cc3)CC2)cc1. The lowest BCUT2D eigenvalue weighted by atomic mass is 9.78. The van der Waals surface area contributed by atoms with Gasteiger partial charge in [-0.25, -0.2) is 0 Å². The summed E-state index contributed by atoms with van der Waals surface area (Å²) >= 11 is 0. The Morgan fingerprint density at radius 1 is 0.781 bits per heavy atom. The van der Waals surface area contributed by atoms with Crippen LogP contribution in [0.2, 0.25) is 0 Å². The Hall–Kier alpha value is -2.29. The van der Waals surface area contributed by atoms with E-state index >= 15 is 0 Å². The van der Waals surface area contributed by atoms with E-state index in [-0.39, 0.29) is 11.9 Å². The molecule has 1 saturated carbocycles. The molecule has 0 atom stereocenters. The van der Waals surface area contributed by atoms with Crippen LogP contribution >= 0.6 is 0 Å². The molecule has 0 heterocycles. The summed E-state index contributed by atoms with van der Waals surface area (Å²) in [6.45, 7) is 5.18. The lowest BCUT2D eigenvalue weighted by Gasteiger charge is -2.27. The van der Waals surface area contributed by atoms with Crippen molar-refractivity contribution in [3.63, 3.8) is 0 Å². The zero-order valence-corrected chi connectivity index (χ0v) is 20.0. The number of rotatable bonds is 12. The first-order chi connectivity index (χ1) is 15.7. The maximum absolute atomic E-state index is 12.7. The fraction of sp³-hybridized carbons (Fsp3) is 0.552. The van der Waals surface area contributed by atoms with Crippen LogP contribution in [-0.2, 0) is 11.2 Å². The van der Waals surface area contributed by atoms with Crippen LogP contribution in [0.3, 0.4) is 0 Å². The lowest BCUT2D eigenvalue weighted by molar-refractivity contribution is -0.140. The highest BCUT2D eigenvalue weighted by molar-refractivity contribution is 5.75. The highest BCUT2D eigenvalue weighted by atomic mass is 16.5. The molecule has 0 amide bonds. The molecule has 1 aliphatic carbocycles. The summed E-state index contributed by atoms with van der Waals surface area (Å²) in [5.41, 5.74) is 2.85.